The summed E-state index contributed by atoms with van der Waals surface area (Å²) in [6.45, 7) is 3.90. The number of H-pyrrole nitrogens is 1. The molecule has 152 valence electrons. The number of morpholine rings is 1. The van der Waals surface area contributed by atoms with E-state index in [9.17, 15) is 8.78 Å². The van der Waals surface area contributed by atoms with Crippen molar-refractivity contribution in [2.75, 3.05) is 24.7 Å². The fraction of sp³-hybridized carbons (Fsp3) is 0.227. The molecule has 0 radical (unpaired) electrons. The Morgan fingerprint density at radius 2 is 2.00 bits per heavy atom. The molecule has 0 amide bonds. The Morgan fingerprint density at radius 3 is 2.77 bits per heavy atom. The zero-order valence-corrected chi connectivity index (χ0v) is 16.3. The molecule has 1 N–H and O–H groups in total. The third kappa shape index (κ3) is 3.19. The molecule has 3 aromatic heterocycles. The van der Waals surface area contributed by atoms with Crippen LogP contribution in [-0.2, 0) is 4.74 Å². The van der Waals surface area contributed by atoms with Crippen LogP contribution in [0, 0.1) is 11.6 Å². The third-order valence-electron chi connectivity index (χ3n) is 5.35. The minimum absolute atomic E-state index is 0.113. The molecule has 1 atom stereocenters. The molecule has 1 aliphatic heterocycles. The molecule has 0 saturated carbocycles. The number of nitrogens with one attached hydrogen (secondary N) is 1. The van der Waals surface area contributed by atoms with Gasteiger partial charge in [-0.3, -0.25) is 10.1 Å². The molecule has 0 unspecified atom stereocenters. The van der Waals surface area contributed by atoms with Gasteiger partial charge in [0.25, 0.3) is 0 Å². The highest BCUT2D eigenvalue weighted by molar-refractivity contribution is 6.01. The van der Waals surface area contributed by atoms with Gasteiger partial charge in [0.15, 0.2) is 0 Å². The number of halogens is 2. The number of ether oxygens (including phenoxy) is 1. The number of hydrogen-bond donors (Lipinski definition) is 1. The molecule has 4 heterocycles. The molecule has 0 spiro atoms. The summed E-state index contributed by atoms with van der Waals surface area (Å²) in [7, 11) is 0. The summed E-state index contributed by atoms with van der Waals surface area (Å²) in [6, 6.07) is 9.20. The predicted molar refractivity (Wildman–Crippen MR) is 110 cm³/mol. The number of fused-ring (bicyclic) bond motifs is 1. The lowest BCUT2D eigenvalue weighted by Crippen LogP contribution is -2.44. The molecule has 30 heavy (non-hydrogen) atoms. The van der Waals surface area contributed by atoms with E-state index in [0.29, 0.717) is 53.6 Å². The van der Waals surface area contributed by atoms with Gasteiger partial charge in [-0.15, -0.1) is 0 Å². The average Bonchev–Trinajstić information content (AvgIpc) is 3.28. The topological polar surface area (TPSA) is 66.9 Å². The number of anilines is 1. The molecule has 1 saturated heterocycles. The molecule has 1 fully saturated rings. The lowest BCUT2D eigenvalue weighted by Gasteiger charge is -2.34. The van der Waals surface area contributed by atoms with E-state index >= 15 is 0 Å². The highest BCUT2D eigenvalue weighted by Gasteiger charge is 2.23. The van der Waals surface area contributed by atoms with Gasteiger partial charge in [-0.05, 0) is 42.8 Å². The Labute approximate surface area is 171 Å². The Kier molecular flexibility index (Phi) is 4.63. The lowest BCUT2D eigenvalue weighted by molar-refractivity contribution is 0.0986. The summed E-state index contributed by atoms with van der Waals surface area (Å²) in [5.41, 5.74) is 2.90. The molecule has 8 heteroatoms. The summed E-state index contributed by atoms with van der Waals surface area (Å²) >= 11 is 0. The van der Waals surface area contributed by atoms with Crippen molar-refractivity contribution in [1.29, 1.82) is 0 Å². The van der Waals surface area contributed by atoms with Crippen LogP contribution in [-0.4, -0.2) is 46.0 Å². The van der Waals surface area contributed by atoms with Gasteiger partial charge in [0.2, 0.25) is 0 Å². The second kappa shape index (κ2) is 7.46. The number of rotatable bonds is 3. The summed E-state index contributed by atoms with van der Waals surface area (Å²) < 4.78 is 33.9. The Morgan fingerprint density at radius 1 is 1.10 bits per heavy atom. The first kappa shape index (κ1) is 18.6. The van der Waals surface area contributed by atoms with E-state index in [2.05, 4.69) is 27.0 Å². The number of nitrogens with zero attached hydrogens (tertiary/aromatic N) is 4. The molecule has 1 aromatic carbocycles. The lowest BCUT2D eigenvalue weighted by atomic mass is 9.99. The van der Waals surface area contributed by atoms with Crippen LogP contribution in [0.25, 0.3) is 33.4 Å². The Hall–Kier alpha value is -3.39. The normalized spacial score (nSPS) is 16.9. The van der Waals surface area contributed by atoms with E-state index in [4.69, 9.17) is 9.72 Å². The van der Waals surface area contributed by atoms with E-state index in [1.165, 1.54) is 12.1 Å². The van der Waals surface area contributed by atoms with Crippen molar-refractivity contribution in [2.45, 2.75) is 13.0 Å². The smallest absolute Gasteiger partial charge is 0.133 e. The molecule has 5 rings (SSSR count). The first-order valence-corrected chi connectivity index (χ1v) is 9.71. The molecule has 4 aromatic rings. The van der Waals surface area contributed by atoms with Gasteiger partial charge in [-0.1, -0.05) is 0 Å². The standard InChI is InChI=1S/C22H19F2N5O/c1-13-12-30-9-8-29(13)20-11-17(15-3-2-14(23)10-18(15)24)16-4-6-25-22(21(16)27-20)19-5-7-26-28-19/h2-7,10-11,13H,8-9,12H2,1H3,(H,26,28)/t13-/m1/s1. The quantitative estimate of drug-likeness (QED) is 0.552. The van der Waals surface area contributed by atoms with E-state index in [0.717, 1.165) is 11.5 Å². The molecule has 6 nitrogen and oxygen atoms in total. The van der Waals surface area contributed by atoms with Crippen LogP contribution in [0.2, 0.25) is 0 Å². The number of benzene rings is 1. The minimum Gasteiger partial charge on any atom is -0.377 e. The van der Waals surface area contributed by atoms with E-state index in [1.54, 1.807) is 18.5 Å². The van der Waals surface area contributed by atoms with Crippen molar-refractivity contribution in [2.24, 2.45) is 0 Å². The zero-order valence-electron chi connectivity index (χ0n) is 16.3. The maximum absolute atomic E-state index is 14.8. The second-order valence-corrected chi connectivity index (χ2v) is 7.30. The average molecular weight is 407 g/mol. The third-order valence-corrected chi connectivity index (χ3v) is 5.35. The van der Waals surface area contributed by atoms with Crippen LogP contribution < -0.4 is 4.90 Å². The summed E-state index contributed by atoms with van der Waals surface area (Å²) in [4.78, 5) is 11.5. The van der Waals surface area contributed by atoms with E-state index in [-0.39, 0.29) is 6.04 Å². The summed E-state index contributed by atoms with van der Waals surface area (Å²) in [5.74, 6) is -0.536. The Balaban J connectivity index is 1.80. The maximum atomic E-state index is 14.8. The number of aromatic nitrogens is 4. The minimum atomic E-state index is -0.622. The van der Waals surface area contributed by atoms with Gasteiger partial charge >= 0.3 is 0 Å². The highest BCUT2D eigenvalue weighted by Crippen LogP contribution is 2.36. The van der Waals surface area contributed by atoms with Gasteiger partial charge in [0.05, 0.1) is 24.9 Å². The zero-order chi connectivity index (χ0) is 20.7. The summed E-state index contributed by atoms with van der Waals surface area (Å²) in [6.07, 6.45) is 3.30. The van der Waals surface area contributed by atoms with Crippen LogP contribution in [0.15, 0.2) is 48.8 Å². The van der Waals surface area contributed by atoms with Crippen LogP contribution in [0.1, 0.15) is 6.92 Å². The predicted octanol–water partition coefficient (Wildman–Crippen LogP) is 4.19. The molecule has 1 aliphatic rings. The molecular formula is C22H19F2N5O. The fourth-order valence-corrected chi connectivity index (χ4v) is 3.87. The Bertz CT molecular complexity index is 1210. The van der Waals surface area contributed by atoms with Crippen molar-refractivity contribution >= 4 is 16.7 Å². The van der Waals surface area contributed by atoms with Crippen LogP contribution in [0.5, 0.6) is 0 Å². The van der Waals surface area contributed by atoms with Crippen LogP contribution in [0.3, 0.4) is 0 Å². The highest BCUT2D eigenvalue weighted by atomic mass is 19.1. The van der Waals surface area contributed by atoms with Gasteiger partial charge in [0.1, 0.15) is 28.7 Å². The van der Waals surface area contributed by atoms with Crippen molar-refractivity contribution < 1.29 is 13.5 Å². The SMILES string of the molecule is C[C@@H]1COCCN1c1cc(-c2ccc(F)cc2F)c2ccnc(-c3ccn[nH]3)c2n1. The van der Waals surface area contributed by atoms with Crippen molar-refractivity contribution in [1.82, 2.24) is 20.2 Å². The molecule has 0 bridgehead atoms. The van der Waals surface area contributed by atoms with Crippen LogP contribution in [0.4, 0.5) is 14.6 Å². The number of hydrogen-bond acceptors (Lipinski definition) is 5. The number of aromatic amines is 1. The largest absolute Gasteiger partial charge is 0.377 e. The van der Waals surface area contributed by atoms with Gasteiger partial charge < -0.3 is 9.64 Å². The van der Waals surface area contributed by atoms with E-state index in [1.807, 2.05) is 12.1 Å². The maximum Gasteiger partial charge on any atom is 0.133 e. The monoisotopic (exact) mass is 407 g/mol. The van der Waals surface area contributed by atoms with Crippen molar-refractivity contribution in [3.63, 3.8) is 0 Å². The second-order valence-electron chi connectivity index (χ2n) is 7.30. The van der Waals surface area contributed by atoms with Gasteiger partial charge in [0, 0.05) is 36.0 Å². The van der Waals surface area contributed by atoms with Crippen molar-refractivity contribution in [3.8, 4) is 22.5 Å². The summed E-state index contributed by atoms with van der Waals surface area (Å²) in [5, 5.41) is 7.66. The molecule has 0 aliphatic carbocycles. The first-order valence-electron chi connectivity index (χ1n) is 9.71. The van der Waals surface area contributed by atoms with Crippen LogP contribution >= 0.6 is 0 Å². The fourth-order valence-electron chi connectivity index (χ4n) is 3.87. The van der Waals surface area contributed by atoms with Gasteiger partial charge in [-0.2, -0.15) is 5.10 Å². The number of pyridine rings is 2. The van der Waals surface area contributed by atoms with Gasteiger partial charge in [-0.25, -0.2) is 13.8 Å². The van der Waals surface area contributed by atoms with Crippen molar-refractivity contribution in [3.05, 3.63) is 60.4 Å². The first-order chi connectivity index (χ1) is 14.6. The molecular weight excluding hydrogens is 388 g/mol. The van der Waals surface area contributed by atoms with E-state index < -0.39 is 11.6 Å².